The van der Waals surface area contributed by atoms with Crippen LogP contribution in [0.5, 0.6) is 5.75 Å². The first kappa shape index (κ1) is 18.4. The quantitative estimate of drug-likeness (QED) is 0.500. The van der Waals surface area contributed by atoms with Gasteiger partial charge in [0, 0.05) is 6.61 Å². The molecule has 0 aromatic heterocycles. The molecule has 0 heterocycles. The lowest BCUT2D eigenvalue weighted by Crippen LogP contribution is -2.07. The third-order valence-corrected chi connectivity index (χ3v) is 3.21. The molecule has 0 bridgehead atoms. The van der Waals surface area contributed by atoms with Crippen LogP contribution >= 0.6 is 0 Å². The summed E-state index contributed by atoms with van der Waals surface area (Å²) >= 11 is 0. The zero-order valence-corrected chi connectivity index (χ0v) is 13.1. The van der Waals surface area contributed by atoms with Gasteiger partial charge in [-0.3, -0.25) is 0 Å². The number of benzene rings is 1. The number of aliphatic hydroxyl groups is 1. The smallest absolute Gasteiger partial charge is 0.338 e. The van der Waals surface area contributed by atoms with Crippen LogP contribution in [-0.4, -0.2) is 30.9 Å². The van der Waals surface area contributed by atoms with Crippen LogP contribution in [0.2, 0.25) is 0 Å². The number of unbranched alkanes of at least 4 members (excludes halogenated alkanes) is 4. The Bertz CT molecular complexity index is 448. The maximum absolute atomic E-state index is 13.8. The fourth-order valence-electron chi connectivity index (χ4n) is 1.89. The van der Waals surface area contributed by atoms with Crippen LogP contribution in [0.4, 0.5) is 4.39 Å². The van der Waals surface area contributed by atoms with Crippen LogP contribution < -0.4 is 4.74 Å². The van der Waals surface area contributed by atoms with Crippen molar-refractivity contribution in [3.63, 3.8) is 0 Å². The average molecular weight is 312 g/mol. The second-order valence-corrected chi connectivity index (χ2v) is 5.12. The zero-order valence-electron chi connectivity index (χ0n) is 13.1. The fourth-order valence-corrected chi connectivity index (χ4v) is 1.89. The van der Waals surface area contributed by atoms with Gasteiger partial charge in [-0.15, -0.1) is 0 Å². The summed E-state index contributed by atoms with van der Waals surface area (Å²) in [7, 11) is 0. The largest absolute Gasteiger partial charge is 0.491 e. The molecule has 0 unspecified atom stereocenters. The predicted octanol–water partition coefficient (Wildman–Crippen LogP) is 3.71. The van der Waals surface area contributed by atoms with Gasteiger partial charge in [-0.25, -0.2) is 9.18 Å². The number of carbonyl (C=O) groups is 1. The van der Waals surface area contributed by atoms with Crippen molar-refractivity contribution in [1.82, 2.24) is 0 Å². The van der Waals surface area contributed by atoms with E-state index in [1.165, 1.54) is 12.1 Å². The fraction of sp³-hybridized carbons (Fsp3) is 0.588. The van der Waals surface area contributed by atoms with E-state index in [4.69, 9.17) is 14.6 Å². The van der Waals surface area contributed by atoms with Crippen LogP contribution in [0.1, 0.15) is 55.8 Å². The van der Waals surface area contributed by atoms with Gasteiger partial charge in [0.1, 0.15) is 0 Å². The second kappa shape index (κ2) is 11.0. The minimum atomic E-state index is -0.548. The molecule has 22 heavy (non-hydrogen) atoms. The first-order valence-corrected chi connectivity index (χ1v) is 7.89. The normalized spacial score (nSPS) is 10.5. The zero-order chi connectivity index (χ0) is 16.2. The maximum atomic E-state index is 13.8. The molecule has 0 saturated heterocycles. The van der Waals surface area contributed by atoms with E-state index in [0.717, 1.165) is 44.6 Å². The number of ether oxygens (including phenoxy) is 2. The molecule has 0 amide bonds. The van der Waals surface area contributed by atoms with E-state index in [-0.39, 0.29) is 17.9 Å². The van der Waals surface area contributed by atoms with Gasteiger partial charge in [-0.1, -0.05) is 19.8 Å². The van der Waals surface area contributed by atoms with Crippen LogP contribution in [0, 0.1) is 5.82 Å². The number of esters is 1. The summed E-state index contributed by atoms with van der Waals surface area (Å²) in [6.45, 7) is 2.99. The highest BCUT2D eigenvalue weighted by Gasteiger charge is 2.11. The van der Waals surface area contributed by atoms with Crippen molar-refractivity contribution in [2.24, 2.45) is 0 Å². The van der Waals surface area contributed by atoms with E-state index >= 15 is 0 Å². The van der Waals surface area contributed by atoms with E-state index in [1.54, 1.807) is 0 Å². The van der Waals surface area contributed by atoms with Crippen LogP contribution in [-0.2, 0) is 4.74 Å². The summed E-state index contributed by atoms with van der Waals surface area (Å²) in [5, 5.41) is 8.65. The summed E-state index contributed by atoms with van der Waals surface area (Å²) in [5.74, 6) is -0.913. The molecule has 0 spiro atoms. The van der Waals surface area contributed by atoms with Gasteiger partial charge in [-0.2, -0.15) is 0 Å². The molecule has 0 aliphatic heterocycles. The van der Waals surface area contributed by atoms with Gasteiger partial charge in [0.05, 0.1) is 18.8 Å². The molecule has 0 aliphatic rings. The minimum absolute atomic E-state index is 0.161. The predicted molar refractivity (Wildman–Crippen MR) is 82.6 cm³/mol. The van der Waals surface area contributed by atoms with Gasteiger partial charge in [0.2, 0.25) is 0 Å². The third kappa shape index (κ3) is 6.89. The number of carbonyl (C=O) groups excluding carboxylic acids is 1. The lowest BCUT2D eigenvalue weighted by atomic mass is 10.2. The van der Waals surface area contributed by atoms with Gasteiger partial charge in [0.25, 0.3) is 0 Å². The van der Waals surface area contributed by atoms with Gasteiger partial charge in [0.15, 0.2) is 11.6 Å². The third-order valence-electron chi connectivity index (χ3n) is 3.21. The van der Waals surface area contributed by atoms with Gasteiger partial charge < -0.3 is 14.6 Å². The van der Waals surface area contributed by atoms with E-state index in [9.17, 15) is 9.18 Å². The lowest BCUT2D eigenvalue weighted by Gasteiger charge is -2.08. The molecule has 1 N–H and O–H groups in total. The van der Waals surface area contributed by atoms with E-state index in [0.29, 0.717) is 13.2 Å². The molecule has 5 heteroatoms. The maximum Gasteiger partial charge on any atom is 0.338 e. The number of hydrogen-bond acceptors (Lipinski definition) is 4. The van der Waals surface area contributed by atoms with Crippen molar-refractivity contribution in [1.29, 1.82) is 0 Å². The Balaban J connectivity index is 2.37. The number of aliphatic hydroxyl groups excluding tert-OH is 1. The van der Waals surface area contributed by atoms with Crippen LogP contribution in [0.25, 0.3) is 0 Å². The molecule has 1 rings (SSSR count). The topological polar surface area (TPSA) is 55.8 Å². The molecule has 0 fully saturated rings. The first-order valence-electron chi connectivity index (χ1n) is 7.89. The Morgan fingerprint density at radius 2 is 1.91 bits per heavy atom. The number of halogens is 1. The molecular formula is C17H25FO4. The molecule has 1 aromatic carbocycles. The van der Waals surface area contributed by atoms with Crippen molar-refractivity contribution in [3.05, 3.63) is 29.6 Å². The Kier molecular flexibility index (Phi) is 9.23. The Morgan fingerprint density at radius 1 is 1.14 bits per heavy atom. The molecule has 0 saturated carbocycles. The molecule has 1 aromatic rings. The molecule has 0 radical (unpaired) electrons. The average Bonchev–Trinajstić information content (AvgIpc) is 2.52. The van der Waals surface area contributed by atoms with Gasteiger partial charge in [-0.05, 0) is 43.9 Å². The summed E-state index contributed by atoms with van der Waals surface area (Å²) in [6, 6.07) is 4.12. The summed E-state index contributed by atoms with van der Waals surface area (Å²) in [4.78, 5) is 11.8. The Morgan fingerprint density at radius 3 is 2.59 bits per heavy atom. The monoisotopic (exact) mass is 312 g/mol. The SMILES string of the molecule is CCCCOc1ccc(C(=O)OCCCCCCO)cc1F. The Labute approximate surface area is 131 Å². The van der Waals surface area contributed by atoms with Crippen molar-refractivity contribution < 1.29 is 23.8 Å². The first-order chi connectivity index (χ1) is 10.7. The van der Waals surface area contributed by atoms with Crippen molar-refractivity contribution in [2.75, 3.05) is 19.8 Å². The van der Waals surface area contributed by atoms with Gasteiger partial charge >= 0.3 is 5.97 Å². The summed E-state index contributed by atoms with van der Waals surface area (Å²) < 4.78 is 24.2. The lowest BCUT2D eigenvalue weighted by molar-refractivity contribution is 0.0496. The summed E-state index contributed by atoms with van der Waals surface area (Å²) in [5.41, 5.74) is 0.190. The molecule has 0 aliphatic carbocycles. The Hall–Kier alpha value is -1.62. The van der Waals surface area contributed by atoms with Crippen molar-refractivity contribution in [3.8, 4) is 5.75 Å². The number of hydrogen-bond donors (Lipinski definition) is 1. The molecule has 0 atom stereocenters. The highest BCUT2D eigenvalue weighted by Crippen LogP contribution is 2.19. The van der Waals surface area contributed by atoms with Crippen molar-refractivity contribution >= 4 is 5.97 Å². The highest BCUT2D eigenvalue weighted by atomic mass is 19.1. The van der Waals surface area contributed by atoms with E-state index < -0.39 is 11.8 Å². The van der Waals surface area contributed by atoms with E-state index in [1.807, 2.05) is 6.92 Å². The second-order valence-electron chi connectivity index (χ2n) is 5.12. The highest BCUT2D eigenvalue weighted by molar-refractivity contribution is 5.89. The standard InChI is InChI=1S/C17H25FO4/c1-2-3-11-21-16-9-8-14(13-15(16)18)17(20)22-12-7-5-4-6-10-19/h8-9,13,19H,2-7,10-12H2,1H3. The van der Waals surface area contributed by atoms with E-state index in [2.05, 4.69) is 0 Å². The van der Waals surface area contributed by atoms with Crippen LogP contribution in [0.15, 0.2) is 18.2 Å². The van der Waals surface area contributed by atoms with Crippen molar-refractivity contribution in [2.45, 2.75) is 45.4 Å². The molecular weight excluding hydrogens is 287 g/mol. The number of rotatable bonds is 11. The minimum Gasteiger partial charge on any atom is -0.491 e. The molecule has 4 nitrogen and oxygen atoms in total. The van der Waals surface area contributed by atoms with Crippen LogP contribution in [0.3, 0.4) is 0 Å². The summed E-state index contributed by atoms with van der Waals surface area (Å²) in [6.07, 6.45) is 5.15. The molecule has 124 valence electrons.